The van der Waals surface area contributed by atoms with E-state index in [1.54, 1.807) is 6.92 Å². The molecule has 1 aromatic carbocycles. The maximum Gasteiger partial charge on any atom is 0.223 e. The van der Waals surface area contributed by atoms with Gasteiger partial charge in [-0.3, -0.25) is 4.79 Å². The average Bonchev–Trinajstić information content (AvgIpc) is 2.59. The monoisotopic (exact) mass is 209 g/mol. The number of benzene rings is 1. The number of nitrogens with zero attached hydrogens (tertiary/aromatic N) is 1. The van der Waals surface area contributed by atoms with Gasteiger partial charge in [-0.25, -0.2) is 0 Å². The van der Waals surface area contributed by atoms with Gasteiger partial charge in [0.15, 0.2) is 0 Å². The van der Waals surface area contributed by atoms with Gasteiger partial charge in [-0.1, -0.05) is 12.1 Å². The summed E-state index contributed by atoms with van der Waals surface area (Å²) in [6.45, 7) is 2.40. The number of anilines is 1. The van der Waals surface area contributed by atoms with Gasteiger partial charge in [-0.15, -0.1) is 11.6 Å². The van der Waals surface area contributed by atoms with Crippen molar-refractivity contribution in [2.75, 3.05) is 11.4 Å². The first-order valence-electron chi connectivity index (χ1n) is 4.68. The minimum absolute atomic E-state index is 0.113. The molecule has 0 fully saturated rings. The number of carbonyl (C=O) groups is 1. The van der Waals surface area contributed by atoms with Crippen molar-refractivity contribution in [2.24, 2.45) is 0 Å². The highest BCUT2D eigenvalue weighted by atomic mass is 35.5. The predicted octanol–water partition coefficient (Wildman–Crippen LogP) is 2.33. The van der Waals surface area contributed by atoms with Crippen LogP contribution in [0.2, 0.25) is 0 Å². The number of halogens is 1. The third kappa shape index (κ3) is 1.50. The van der Waals surface area contributed by atoms with Gasteiger partial charge in [0.1, 0.15) is 0 Å². The fraction of sp³-hybridized carbons (Fsp3) is 0.364. The lowest BCUT2D eigenvalue weighted by atomic mass is 10.1. The van der Waals surface area contributed by atoms with Crippen LogP contribution < -0.4 is 4.90 Å². The number of amides is 1. The first-order chi connectivity index (χ1) is 6.72. The maximum absolute atomic E-state index is 11.3. The Hall–Kier alpha value is -1.02. The molecule has 1 amide bonds. The summed E-state index contributed by atoms with van der Waals surface area (Å²) in [5, 5.41) is 0. The van der Waals surface area contributed by atoms with Gasteiger partial charge in [-0.05, 0) is 23.6 Å². The second-order valence-corrected chi connectivity index (χ2v) is 3.78. The van der Waals surface area contributed by atoms with Crippen molar-refractivity contribution in [3.63, 3.8) is 0 Å². The molecule has 0 N–H and O–H groups in total. The van der Waals surface area contributed by atoms with Crippen molar-refractivity contribution in [2.45, 2.75) is 19.2 Å². The summed E-state index contributed by atoms with van der Waals surface area (Å²) in [5.41, 5.74) is 3.40. The maximum atomic E-state index is 11.3. The number of carbonyl (C=O) groups excluding carboxylic acids is 1. The van der Waals surface area contributed by atoms with E-state index in [9.17, 15) is 4.79 Å². The van der Waals surface area contributed by atoms with Crippen LogP contribution in [0.1, 0.15) is 18.1 Å². The van der Waals surface area contributed by atoms with Crippen LogP contribution in [-0.2, 0) is 17.1 Å². The minimum Gasteiger partial charge on any atom is -0.312 e. The molecule has 1 aliphatic heterocycles. The third-order valence-electron chi connectivity index (χ3n) is 2.57. The van der Waals surface area contributed by atoms with E-state index >= 15 is 0 Å². The summed E-state index contributed by atoms with van der Waals surface area (Å²) in [6.07, 6.45) is 0.944. The zero-order chi connectivity index (χ0) is 10.1. The van der Waals surface area contributed by atoms with E-state index in [0.29, 0.717) is 5.88 Å². The fourth-order valence-electron chi connectivity index (χ4n) is 1.87. The summed E-state index contributed by atoms with van der Waals surface area (Å²) in [6, 6.07) is 6.06. The van der Waals surface area contributed by atoms with E-state index in [4.69, 9.17) is 11.6 Å². The van der Waals surface area contributed by atoms with Crippen molar-refractivity contribution in [1.82, 2.24) is 0 Å². The summed E-state index contributed by atoms with van der Waals surface area (Å²) < 4.78 is 0. The Morgan fingerprint density at radius 2 is 2.36 bits per heavy atom. The Morgan fingerprint density at radius 3 is 3.00 bits per heavy atom. The fourth-order valence-corrected chi connectivity index (χ4v) is 2.03. The third-order valence-corrected chi connectivity index (χ3v) is 2.88. The first-order valence-corrected chi connectivity index (χ1v) is 5.21. The first kappa shape index (κ1) is 9.53. The number of fused-ring (bicyclic) bond motifs is 1. The van der Waals surface area contributed by atoms with Crippen LogP contribution in [0, 0.1) is 0 Å². The van der Waals surface area contributed by atoms with E-state index < -0.39 is 0 Å². The Kier molecular flexibility index (Phi) is 2.46. The van der Waals surface area contributed by atoms with Crippen LogP contribution in [-0.4, -0.2) is 12.5 Å². The molecule has 0 atom stereocenters. The highest BCUT2D eigenvalue weighted by Crippen LogP contribution is 2.29. The zero-order valence-electron chi connectivity index (χ0n) is 8.09. The molecule has 0 unspecified atom stereocenters. The van der Waals surface area contributed by atoms with E-state index in [1.165, 1.54) is 5.56 Å². The van der Waals surface area contributed by atoms with Crippen LogP contribution in [0.5, 0.6) is 0 Å². The summed E-state index contributed by atoms with van der Waals surface area (Å²) >= 11 is 5.75. The molecule has 74 valence electrons. The molecule has 0 aromatic heterocycles. The molecule has 1 aromatic rings. The quantitative estimate of drug-likeness (QED) is 0.651. The molecule has 14 heavy (non-hydrogen) atoms. The molecule has 0 saturated heterocycles. The Balaban J connectivity index is 2.38. The Bertz CT molecular complexity index is 376. The average molecular weight is 210 g/mol. The smallest absolute Gasteiger partial charge is 0.223 e. The largest absolute Gasteiger partial charge is 0.312 e. The molecule has 1 heterocycles. The molecule has 0 bridgehead atoms. The highest BCUT2D eigenvalue weighted by Gasteiger charge is 2.21. The standard InChI is InChI=1S/C11H12ClNO/c1-8(14)13-5-4-10-6-9(7-12)2-3-11(10)13/h2-3,6H,4-5,7H2,1H3. The molecule has 2 rings (SSSR count). The number of rotatable bonds is 1. The zero-order valence-corrected chi connectivity index (χ0v) is 8.84. The number of hydrogen-bond donors (Lipinski definition) is 0. The minimum atomic E-state index is 0.113. The van der Waals surface area contributed by atoms with Crippen molar-refractivity contribution in [3.05, 3.63) is 29.3 Å². The second kappa shape index (κ2) is 3.62. The highest BCUT2D eigenvalue weighted by molar-refractivity contribution is 6.17. The summed E-state index contributed by atoms with van der Waals surface area (Å²) in [5.74, 6) is 0.648. The van der Waals surface area contributed by atoms with Gasteiger partial charge in [0.2, 0.25) is 5.91 Å². The number of alkyl halides is 1. The van der Waals surface area contributed by atoms with Gasteiger partial charge in [-0.2, -0.15) is 0 Å². The van der Waals surface area contributed by atoms with Crippen molar-refractivity contribution < 1.29 is 4.79 Å². The van der Waals surface area contributed by atoms with E-state index in [2.05, 4.69) is 6.07 Å². The molecule has 3 heteroatoms. The van der Waals surface area contributed by atoms with E-state index in [-0.39, 0.29) is 5.91 Å². The van der Waals surface area contributed by atoms with Gasteiger partial charge in [0.05, 0.1) is 0 Å². The molecule has 0 saturated carbocycles. The van der Waals surface area contributed by atoms with Gasteiger partial charge < -0.3 is 4.90 Å². The van der Waals surface area contributed by atoms with Crippen LogP contribution in [0.15, 0.2) is 18.2 Å². The van der Waals surface area contributed by atoms with Crippen LogP contribution in [0.4, 0.5) is 5.69 Å². The summed E-state index contributed by atoms with van der Waals surface area (Å²) in [4.78, 5) is 13.1. The van der Waals surface area contributed by atoms with Crippen molar-refractivity contribution in [1.29, 1.82) is 0 Å². The normalized spacial score (nSPS) is 14.3. The lowest BCUT2D eigenvalue weighted by Gasteiger charge is -2.14. The molecule has 0 spiro atoms. The molecule has 1 aliphatic rings. The molecule has 0 radical (unpaired) electrons. The molecule has 0 aliphatic carbocycles. The van der Waals surface area contributed by atoms with Gasteiger partial charge in [0, 0.05) is 25.0 Å². The van der Waals surface area contributed by atoms with E-state index in [1.807, 2.05) is 17.0 Å². The second-order valence-electron chi connectivity index (χ2n) is 3.52. The number of hydrogen-bond acceptors (Lipinski definition) is 1. The van der Waals surface area contributed by atoms with Crippen LogP contribution in [0.3, 0.4) is 0 Å². The molecular weight excluding hydrogens is 198 g/mol. The Morgan fingerprint density at radius 1 is 1.57 bits per heavy atom. The lowest BCUT2D eigenvalue weighted by molar-refractivity contribution is -0.116. The summed E-state index contributed by atoms with van der Waals surface area (Å²) in [7, 11) is 0. The predicted molar refractivity (Wildman–Crippen MR) is 57.7 cm³/mol. The Labute approximate surface area is 88.5 Å². The van der Waals surface area contributed by atoms with Crippen molar-refractivity contribution >= 4 is 23.2 Å². The topological polar surface area (TPSA) is 20.3 Å². The van der Waals surface area contributed by atoms with Crippen LogP contribution in [0.25, 0.3) is 0 Å². The molecule has 2 nitrogen and oxygen atoms in total. The molecular formula is C11H12ClNO. The van der Waals surface area contributed by atoms with Crippen LogP contribution >= 0.6 is 11.6 Å². The SMILES string of the molecule is CC(=O)N1CCc2cc(CCl)ccc21. The van der Waals surface area contributed by atoms with Gasteiger partial charge in [0.25, 0.3) is 0 Å². The van der Waals surface area contributed by atoms with Crippen molar-refractivity contribution in [3.8, 4) is 0 Å². The van der Waals surface area contributed by atoms with Gasteiger partial charge >= 0.3 is 0 Å². The van der Waals surface area contributed by atoms with E-state index in [0.717, 1.165) is 24.2 Å². The lowest BCUT2D eigenvalue weighted by Crippen LogP contribution is -2.25.